The molecule has 0 N–H and O–H groups in total. The van der Waals surface area contributed by atoms with E-state index in [0.717, 1.165) is 0 Å². The average Bonchev–Trinajstić information content (AvgIpc) is 2.29. The van der Waals surface area contributed by atoms with Gasteiger partial charge in [0, 0.05) is 23.4 Å². The zero-order chi connectivity index (χ0) is 12.3. The Balaban J connectivity index is 3.00. The summed E-state index contributed by atoms with van der Waals surface area (Å²) in [4.78, 5) is 13.5. The fourth-order valence-electron chi connectivity index (χ4n) is 1.16. The van der Waals surface area contributed by atoms with E-state index in [1.54, 1.807) is 7.05 Å². The van der Waals surface area contributed by atoms with Gasteiger partial charge in [-0.1, -0.05) is 0 Å². The number of rotatable bonds is 3. The van der Waals surface area contributed by atoms with Crippen LogP contribution in [0.3, 0.4) is 0 Å². The van der Waals surface area contributed by atoms with Crippen LogP contribution >= 0.6 is 27.5 Å². The van der Waals surface area contributed by atoms with Crippen molar-refractivity contribution < 1.29 is 9.18 Å². The van der Waals surface area contributed by atoms with Crippen LogP contribution in [0.15, 0.2) is 22.7 Å². The molecule has 0 fully saturated rings. The zero-order valence-electron chi connectivity index (χ0n) is 9.01. The first-order valence-corrected chi connectivity index (χ1v) is 6.08. The van der Waals surface area contributed by atoms with Crippen molar-refractivity contribution in [3.63, 3.8) is 0 Å². The minimum atomic E-state index is -0.432. The monoisotopic (exact) mass is 307 g/mol. The molecule has 5 heteroatoms. The molecule has 88 valence electrons. The molecule has 0 saturated carbocycles. The van der Waals surface area contributed by atoms with E-state index < -0.39 is 5.82 Å². The van der Waals surface area contributed by atoms with Crippen molar-refractivity contribution in [3.8, 4) is 0 Å². The van der Waals surface area contributed by atoms with Crippen molar-refractivity contribution in [2.45, 2.75) is 13.0 Å². The van der Waals surface area contributed by atoms with Gasteiger partial charge in [0.2, 0.25) is 0 Å². The summed E-state index contributed by atoms with van der Waals surface area (Å²) in [7, 11) is 1.65. The molecule has 0 saturated heterocycles. The van der Waals surface area contributed by atoms with Crippen LogP contribution in [0.25, 0.3) is 0 Å². The number of nitrogens with zero attached hydrogens (tertiary/aromatic N) is 1. The predicted molar refractivity (Wildman–Crippen MR) is 66.4 cm³/mol. The van der Waals surface area contributed by atoms with Crippen LogP contribution in [-0.2, 0) is 0 Å². The van der Waals surface area contributed by atoms with Gasteiger partial charge in [0.15, 0.2) is 0 Å². The number of halogens is 3. The number of hydrogen-bond acceptors (Lipinski definition) is 1. The molecule has 0 heterocycles. The number of benzene rings is 1. The Morgan fingerprint density at radius 2 is 2.25 bits per heavy atom. The third-order valence-corrected chi connectivity index (χ3v) is 3.50. The van der Waals surface area contributed by atoms with Crippen molar-refractivity contribution in [2.75, 3.05) is 12.9 Å². The molecule has 1 unspecified atom stereocenters. The van der Waals surface area contributed by atoms with Gasteiger partial charge in [-0.25, -0.2) is 4.39 Å². The highest BCUT2D eigenvalue weighted by molar-refractivity contribution is 9.10. The first-order valence-electron chi connectivity index (χ1n) is 4.75. The van der Waals surface area contributed by atoms with Gasteiger partial charge in [0.25, 0.3) is 5.91 Å². The molecule has 0 radical (unpaired) electrons. The second kappa shape index (κ2) is 5.64. The van der Waals surface area contributed by atoms with E-state index in [0.29, 0.717) is 15.9 Å². The molecule has 0 aliphatic carbocycles. The topological polar surface area (TPSA) is 20.3 Å². The molecular formula is C11H12BrClFNO. The largest absolute Gasteiger partial charge is 0.338 e. The Morgan fingerprint density at radius 3 is 2.81 bits per heavy atom. The summed E-state index contributed by atoms with van der Waals surface area (Å²) in [5, 5.41) is 0. The fraction of sp³-hybridized carbons (Fsp3) is 0.364. The van der Waals surface area contributed by atoms with Crippen molar-refractivity contribution in [1.82, 2.24) is 4.90 Å². The van der Waals surface area contributed by atoms with Crippen molar-refractivity contribution in [2.24, 2.45) is 0 Å². The van der Waals surface area contributed by atoms with Crippen LogP contribution < -0.4 is 0 Å². The molecule has 1 rings (SSSR count). The number of amides is 1. The fourth-order valence-corrected chi connectivity index (χ4v) is 1.78. The van der Waals surface area contributed by atoms with E-state index in [1.165, 1.54) is 23.1 Å². The lowest BCUT2D eigenvalue weighted by Crippen LogP contribution is -2.36. The zero-order valence-corrected chi connectivity index (χ0v) is 11.3. The molecule has 0 aliphatic rings. The van der Waals surface area contributed by atoms with E-state index >= 15 is 0 Å². The Morgan fingerprint density at radius 1 is 1.62 bits per heavy atom. The maximum absolute atomic E-state index is 13.0. The number of alkyl halides is 1. The van der Waals surface area contributed by atoms with Crippen LogP contribution in [0.4, 0.5) is 4.39 Å². The minimum Gasteiger partial charge on any atom is -0.338 e. The van der Waals surface area contributed by atoms with Gasteiger partial charge in [-0.3, -0.25) is 4.79 Å². The summed E-state index contributed by atoms with van der Waals surface area (Å²) >= 11 is 8.89. The highest BCUT2D eigenvalue weighted by Crippen LogP contribution is 2.20. The summed E-state index contributed by atoms with van der Waals surface area (Å²) in [6.45, 7) is 1.83. The summed E-state index contributed by atoms with van der Waals surface area (Å²) in [5.74, 6) is -0.340. The maximum atomic E-state index is 13.0. The first kappa shape index (κ1) is 13.5. The standard InChI is InChI=1S/C11H12BrClFNO/c1-7(6-13)15(2)11(16)9-5-8(14)3-4-10(9)12/h3-5,7H,6H2,1-2H3. The molecule has 0 aromatic heterocycles. The molecule has 1 aromatic carbocycles. The van der Waals surface area contributed by atoms with Crippen molar-refractivity contribution >= 4 is 33.4 Å². The van der Waals surface area contributed by atoms with Crippen LogP contribution in [0.1, 0.15) is 17.3 Å². The third-order valence-electron chi connectivity index (χ3n) is 2.36. The predicted octanol–water partition coefficient (Wildman–Crippen LogP) is 3.29. The molecule has 16 heavy (non-hydrogen) atoms. The molecule has 1 aromatic rings. The molecule has 0 bridgehead atoms. The van der Waals surface area contributed by atoms with Gasteiger partial charge in [-0.05, 0) is 41.1 Å². The average molecular weight is 309 g/mol. The normalized spacial score (nSPS) is 12.3. The van der Waals surface area contributed by atoms with Crippen LogP contribution in [0.2, 0.25) is 0 Å². The summed E-state index contributed by atoms with van der Waals surface area (Å²) in [6.07, 6.45) is 0. The van der Waals surface area contributed by atoms with Gasteiger partial charge in [0.1, 0.15) is 5.82 Å². The van der Waals surface area contributed by atoms with Gasteiger partial charge in [-0.15, -0.1) is 11.6 Å². The molecular weight excluding hydrogens is 296 g/mol. The van der Waals surface area contributed by atoms with E-state index in [9.17, 15) is 9.18 Å². The summed E-state index contributed by atoms with van der Waals surface area (Å²) in [6, 6.07) is 3.93. The molecule has 2 nitrogen and oxygen atoms in total. The van der Waals surface area contributed by atoms with E-state index in [1.807, 2.05) is 6.92 Å². The Labute approximate surface area is 108 Å². The molecule has 1 amide bonds. The number of carbonyl (C=O) groups excluding carboxylic acids is 1. The molecule has 1 atom stereocenters. The highest BCUT2D eigenvalue weighted by Gasteiger charge is 2.19. The minimum absolute atomic E-state index is 0.0932. The summed E-state index contributed by atoms with van der Waals surface area (Å²) < 4.78 is 13.6. The lowest BCUT2D eigenvalue weighted by atomic mass is 10.2. The summed E-state index contributed by atoms with van der Waals surface area (Å²) in [5.41, 5.74) is 0.305. The van der Waals surface area contributed by atoms with E-state index in [2.05, 4.69) is 15.9 Å². The van der Waals surface area contributed by atoms with Gasteiger partial charge >= 0.3 is 0 Å². The third kappa shape index (κ3) is 2.95. The van der Waals surface area contributed by atoms with Crippen molar-refractivity contribution in [3.05, 3.63) is 34.1 Å². The number of hydrogen-bond donors (Lipinski definition) is 0. The van der Waals surface area contributed by atoms with Crippen LogP contribution in [-0.4, -0.2) is 29.8 Å². The Bertz CT molecular complexity index is 400. The Kier molecular flexibility index (Phi) is 4.74. The lowest BCUT2D eigenvalue weighted by molar-refractivity contribution is 0.0755. The van der Waals surface area contributed by atoms with E-state index in [-0.39, 0.29) is 11.9 Å². The number of carbonyl (C=O) groups is 1. The molecule has 0 aliphatic heterocycles. The lowest BCUT2D eigenvalue weighted by Gasteiger charge is -2.23. The highest BCUT2D eigenvalue weighted by atomic mass is 79.9. The quantitative estimate of drug-likeness (QED) is 0.785. The van der Waals surface area contributed by atoms with Crippen LogP contribution in [0.5, 0.6) is 0 Å². The van der Waals surface area contributed by atoms with Gasteiger partial charge in [-0.2, -0.15) is 0 Å². The SMILES string of the molecule is CC(CCl)N(C)C(=O)c1cc(F)ccc1Br. The first-order chi connectivity index (χ1) is 7.47. The van der Waals surface area contributed by atoms with Crippen molar-refractivity contribution in [1.29, 1.82) is 0 Å². The van der Waals surface area contributed by atoms with Gasteiger partial charge < -0.3 is 4.90 Å². The van der Waals surface area contributed by atoms with E-state index in [4.69, 9.17) is 11.6 Å². The second-order valence-corrected chi connectivity index (χ2v) is 4.71. The molecule has 0 spiro atoms. The smallest absolute Gasteiger partial charge is 0.255 e. The maximum Gasteiger partial charge on any atom is 0.255 e. The Hall–Kier alpha value is -0.610. The van der Waals surface area contributed by atoms with Gasteiger partial charge in [0.05, 0.1) is 5.56 Å². The second-order valence-electron chi connectivity index (χ2n) is 3.54. The van der Waals surface area contributed by atoms with Crippen LogP contribution in [0, 0.1) is 5.82 Å².